The lowest BCUT2D eigenvalue weighted by Gasteiger charge is -2.31. The fraction of sp³-hybridized carbons (Fsp3) is 0.235. The number of nitrogens with one attached hydrogen (secondary N) is 1. The number of carbonyl (C=O) groups is 2. The van der Waals surface area contributed by atoms with Gasteiger partial charge in [-0.3, -0.25) is 9.59 Å². The van der Waals surface area contributed by atoms with E-state index in [9.17, 15) is 18.0 Å². The van der Waals surface area contributed by atoms with Gasteiger partial charge in [0.25, 0.3) is 5.91 Å². The summed E-state index contributed by atoms with van der Waals surface area (Å²) in [5, 5.41) is 3.57. The van der Waals surface area contributed by atoms with Crippen LogP contribution in [-0.4, -0.2) is 62.3 Å². The monoisotopic (exact) mass is 647 g/mol. The van der Waals surface area contributed by atoms with E-state index in [1.807, 2.05) is 72.8 Å². The molecule has 9 nitrogen and oxygen atoms in total. The number of morpholine rings is 1. The Morgan fingerprint density at radius 1 is 0.844 bits per heavy atom. The van der Waals surface area contributed by atoms with Gasteiger partial charge in [0.05, 0.1) is 18.1 Å². The van der Waals surface area contributed by atoms with Crippen LogP contribution in [0.15, 0.2) is 114 Å². The first-order valence-corrected chi connectivity index (χ1v) is 16.3. The van der Waals surface area contributed by atoms with Crippen molar-refractivity contribution >= 4 is 33.4 Å². The number of sulfonamides is 1. The molecule has 1 aliphatic heterocycles. The summed E-state index contributed by atoms with van der Waals surface area (Å²) >= 11 is 6.02. The van der Waals surface area contributed by atoms with Gasteiger partial charge in [0.2, 0.25) is 15.9 Å². The van der Waals surface area contributed by atoms with Crippen LogP contribution < -0.4 is 10.1 Å². The minimum Gasteiger partial charge on any atom is -0.484 e. The lowest BCUT2D eigenvalue weighted by molar-refractivity contribution is -0.143. The number of rotatable bonds is 12. The summed E-state index contributed by atoms with van der Waals surface area (Å²) in [7, 11) is -3.67. The molecular weight excluding hydrogens is 614 g/mol. The largest absolute Gasteiger partial charge is 0.484 e. The van der Waals surface area contributed by atoms with Crippen molar-refractivity contribution < 1.29 is 27.5 Å². The Balaban J connectivity index is 1.35. The van der Waals surface area contributed by atoms with E-state index in [0.717, 1.165) is 11.1 Å². The van der Waals surface area contributed by atoms with Crippen molar-refractivity contribution in [3.63, 3.8) is 0 Å². The number of hydrogen-bond donors (Lipinski definition) is 1. The highest BCUT2D eigenvalue weighted by Gasteiger charge is 2.32. The zero-order valence-electron chi connectivity index (χ0n) is 24.5. The summed E-state index contributed by atoms with van der Waals surface area (Å²) in [5.41, 5.74) is 2.35. The number of amides is 2. The zero-order chi connectivity index (χ0) is 31.6. The van der Waals surface area contributed by atoms with Crippen LogP contribution in [0.2, 0.25) is 5.02 Å². The molecule has 1 aliphatic rings. The van der Waals surface area contributed by atoms with Crippen molar-refractivity contribution in [3.05, 3.63) is 131 Å². The van der Waals surface area contributed by atoms with E-state index in [1.54, 1.807) is 12.1 Å². The summed E-state index contributed by atoms with van der Waals surface area (Å²) in [6, 6.07) is 30.7. The molecule has 1 atom stereocenters. The smallest absolute Gasteiger partial charge is 0.261 e. The van der Waals surface area contributed by atoms with Crippen LogP contribution in [0.4, 0.5) is 0 Å². The fourth-order valence-electron chi connectivity index (χ4n) is 4.97. The van der Waals surface area contributed by atoms with Gasteiger partial charge in [0.1, 0.15) is 11.8 Å². The maximum Gasteiger partial charge on any atom is 0.261 e. The summed E-state index contributed by atoms with van der Waals surface area (Å²) in [6.07, 6.45) is 0. The van der Waals surface area contributed by atoms with Crippen LogP contribution in [-0.2, 0) is 37.4 Å². The number of halogens is 1. The molecule has 0 saturated carbocycles. The van der Waals surface area contributed by atoms with E-state index in [1.165, 1.54) is 33.5 Å². The summed E-state index contributed by atoms with van der Waals surface area (Å²) in [5.74, 6) is -0.440. The van der Waals surface area contributed by atoms with Crippen LogP contribution in [0.3, 0.4) is 0 Å². The Labute approximate surface area is 268 Å². The summed E-state index contributed by atoms with van der Waals surface area (Å²) in [4.78, 5) is 29.3. The average molecular weight is 648 g/mol. The Bertz CT molecular complexity index is 1670. The highest BCUT2D eigenvalue weighted by molar-refractivity contribution is 7.89. The van der Waals surface area contributed by atoms with Crippen LogP contribution in [0.5, 0.6) is 5.75 Å². The maximum absolute atomic E-state index is 13.9. The highest BCUT2D eigenvalue weighted by Crippen LogP contribution is 2.25. The second kappa shape index (κ2) is 15.2. The lowest BCUT2D eigenvalue weighted by Crippen LogP contribution is -2.45. The minimum absolute atomic E-state index is 0.135. The average Bonchev–Trinajstić information content (AvgIpc) is 3.08. The Morgan fingerprint density at radius 3 is 2.11 bits per heavy atom. The molecule has 1 saturated heterocycles. The van der Waals surface area contributed by atoms with Gasteiger partial charge < -0.3 is 19.7 Å². The van der Waals surface area contributed by atoms with Crippen molar-refractivity contribution in [1.29, 1.82) is 0 Å². The van der Waals surface area contributed by atoms with E-state index in [-0.39, 0.29) is 30.5 Å². The first-order chi connectivity index (χ1) is 21.8. The lowest BCUT2D eigenvalue weighted by atomic mass is 10.0. The molecule has 4 aromatic carbocycles. The molecule has 0 aliphatic carbocycles. The van der Waals surface area contributed by atoms with Gasteiger partial charge >= 0.3 is 0 Å². The molecule has 0 bridgehead atoms. The first kappa shape index (κ1) is 32.2. The van der Waals surface area contributed by atoms with Crippen molar-refractivity contribution in [3.8, 4) is 5.75 Å². The molecular formula is C34H34ClN3O6S. The molecule has 1 N–H and O–H groups in total. The number of ether oxygens (including phenoxy) is 2. The maximum atomic E-state index is 13.9. The molecule has 0 spiro atoms. The molecule has 5 rings (SSSR count). The molecule has 0 aromatic heterocycles. The van der Waals surface area contributed by atoms with E-state index in [4.69, 9.17) is 21.1 Å². The molecule has 4 aromatic rings. The van der Waals surface area contributed by atoms with Crippen molar-refractivity contribution in [1.82, 2.24) is 14.5 Å². The standard InChI is InChI=1S/C34H34ClN3O6S/c35-29-13-11-26(12-14-29)23-36-34(40)33(28-9-5-2-6-10-28)38(24-27-7-3-1-4-8-27)32(39)25-44-30-15-17-31(18-16-30)45(41,42)37-19-21-43-22-20-37/h1-18,33H,19-25H2,(H,36,40)/t33-/m0/s1. The Kier molecular flexibility index (Phi) is 10.9. The van der Waals surface area contributed by atoms with Gasteiger partial charge in [-0.2, -0.15) is 4.31 Å². The van der Waals surface area contributed by atoms with E-state index in [2.05, 4.69) is 5.32 Å². The van der Waals surface area contributed by atoms with Gasteiger partial charge in [0, 0.05) is 31.2 Å². The minimum atomic E-state index is -3.67. The molecule has 45 heavy (non-hydrogen) atoms. The van der Waals surface area contributed by atoms with Crippen molar-refractivity contribution in [2.45, 2.75) is 24.0 Å². The summed E-state index contributed by atoms with van der Waals surface area (Å²) < 4.78 is 38.5. The predicted molar refractivity (Wildman–Crippen MR) is 171 cm³/mol. The van der Waals surface area contributed by atoms with Gasteiger partial charge in [-0.05, 0) is 53.1 Å². The van der Waals surface area contributed by atoms with Gasteiger partial charge in [-0.1, -0.05) is 84.4 Å². The molecule has 0 radical (unpaired) electrons. The molecule has 0 unspecified atom stereocenters. The third kappa shape index (κ3) is 8.49. The van der Waals surface area contributed by atoms with E-state index in [0.29, 0.717) is 42.6 Å². The topological polar surface area (TPSA) is 105 Å². The normalized spacial score (nSPS) is 14.3. The molecule has 234 valence electrons. The second-order valence-electron chi connectivity index (χ2n) is 10.4. The number of carbonyl (C=O) groups excluding carboxylic acids is 2. The molecule has 1 fully saturated rings. The summed E-state index contributed by atoms with van der Waals surface area (Å²) in [6.45, 7) is 1.34. The van der Waals surface area contributed by atoms with Crippen molar-refractivity contribution in [2.24, 2.45) is 0 Å². The number of nitrogens with zero attached hydrogens (tertiary/aromatic N) is 2. The fourth-order valence-corrected chi connectivity index (χ4v) is 6.51. The third-order valence-electron chi connectivity index (χ3n) is 7.37. The van der Waals surface area contributed by atoms with Crippen LogP contribution >= 0.6 is 11.6 Å². The van der Waals surface area contributed by atoms with Crippen LogP contribution in [0.1, 0.15) is 22.7 Å². The first-order valence-electron chi connectivity index (χ1n) is 14.5. The third-order valence-corrected chi connectivity index (χ3v) is 9.53. The van der Waals surface area contributed by atoms with Gasteiger partial charge in [-0.25, -0.2) is 8.42 Å². The molecule has 2 amide bonds. The van der Waals surface area contributed by atoms with E-state index >= 15 is 0 Å². The molecule has 1 heterocycles. The van der Waals surface area contributed by atoms with Gasteiger partial charge in [0.15, 0.2) is 6.61 Å². The van der Waals surface area contributed by atoms with Crippen LogP contribution in [0.25, 0.3) is 0 Å². The number of benzene rings is 4. The quantitative estimate of drug-likeness (QED) is 0.236. The molecule has 11 heteroatoms. The van der Waals surface area contributed by atoms with Gasteiger partial charge in [-0.15, -0.1) is 0 Å². The SMILES string of the molecule is O=C(NCc1ccc(Cl)cc1)[C@H](c1ccccc1)N(Cc1ccccc1)C(=O)COc1ccc(S(=O)(=O)N2CCOCC2)cc1. The van der Waals surface area contributed by atoms with E-state index < -0.39 is 22.0 Å². The van der Waals surface area contributed by atoms with Crippen LogP contribution in [0, 0.1) is 0 Å². The highest BCUT2D eigenvalue weighted by atomic mass is 35.5. The predicted octanol–water partition coefficient (Wildman–Crippen LogP) is 4.83. The Morgan fingerprint density at radius 2 is 1.47 bits per heavy atom. The second-order valence-corrected chi connectivity index (χ2v) is 12.8. The Hall–Kier alpha value is -4.22. The van der Waals surface area contributed by atoms with Crippen molar-refractivity contribution in [2.75, 3.05) is 32.9 Å². The zero-order valence-corrected chi connectivity index (χ0v) is 26.1. The number of hydrogen-bond acceptors (Lipinski definition) is 6.